The predicted octanol–water partition coefficient (Wildman–Crippen LogP) is 2.34. The highest BCUT2D eigenvalue weighted by atomic mass is 35.5. The lowest BCUT2D eigenvalue weighted by atomic mass is 10.3. The zero-order chi connectivity index (χ0) is 19.6. The van der Waals surface area contributed by atoms with Crippen molar-refractivity contribution in [3.63, 3.8) is 0 Å². The van der Waals surface area contributed by atoms with Gasteiger partial charge in [-0.25, -0.2) is 14.5 Å². The summed E-state index contributed by atoms with van der Waals surface area (Å²) in [6.45, 7) is 0. The van der Waals surface area contributed by atoms with Crippen molar-refractivity contribution in [3.8, 4) is 5.82 Å². The first-order valence-corrected chi connectivity index (χ1v) is 7.51. The SMILES string of the molecule is COC(=O)c1cc(C=Cn2nnnc2C(F)(F)F)nn1-c1ncccc1Cl. The van der Waals surface area contributed by atoms with Gasteiger partial charge in [0, 0.05) is 12.4 Å². The summed E-state index contributed by atoms with van der Waals surface area (Å²) in [5.41, 5.74) is 0.103. The van der Waals surface area contributed by atoms with Crippen molar-refractivity contribution >= 4 is 29.8 Å². The van der Waals surface area contributed by atoms with Crippen LogP contribution in [0.4, 0.5) is 13.2 Å². The topological polar surface area (TPSA) is 101 Å². The van der Waals surface area contributed by atoms with E-state index in [4.69, 9.17) is 11.6 Å². The Kier molecular flexibility index (Phi) is 4.90. The van der Waals surface area contributed by atoms with E-state index in [-0.39, 0.29) is 22.2 Å². The van der Waals surface area contributed by atoms with Crippen molar-refractivity contribution in [2.45, 2.75) is 6.18 Å². The highest BCUT2D eigenvalue weighted by molar-refractivity contribution is 6.32. The zero-order valence-corrected chi connectivity index (χ0v) is 14.2. The van der Waals surface area contributed by atoms with E-state index in [0.29, 0.717) is 4.68 Å². The maximum atomic E-state index is 12.8. The molecule has 0 aliphatic rings. The van der Waals surface area contributed by atoms with Crippen LogP contribution in [0.25, 0.3) is 18.1 Å². The maximum Gasteiger partial charge on any atom is 0.453 e. The molecule has 0 aliphatic carbocycles. The molecule has 0 unspecified atom stereocenters. The number of halogens is 4. The fraction of sp³-hybridized carbons (Fsp3) is 0.143. The number of hydrogen-bond donors (Lipinski definition) is 0. The van der Waals surface area contributed by atoms with Crippen molar-refractivity contribution in [1.82, 2.24) is 35.0 Å². The normalized spacial score (nSPS) is 11.9. The van der Waals surface area contributed by atoms with E-state index in [9.17, 15) is 18.0 Å². The van der Waals surface area contributed by atoms with Crippen LogP contribution in [-0.4, -0.2) is 48.1 Å². The van der Waals surface area contributed by atoms with Crippen LogP contribution in [0.1, 0.15) is 22.0 Å². The van der Waals surface area contributed by atoms with Crippen LogP contribution in [0, 0.1) is 0 Å². The lowest BCUT2D eigenvalue weighted by Gasteiger charge is -2.06. The van der Waals surface area contributed by atoms with Gasteiger partial charge in [0.15, 0.2) is 11.5 Å². The molecule has 3 aromatic rings. The Morgan fingerprint density at radius 1 is 1.37 bits per heavy atom. The molecule has 0 spiro atoms. The summed E-state index contributed by atoms with van der Waals surface area (Å²) in [5.74, 6) is -1.89. The Hall–Kier alpha value is -3.28. The molecule has 27 heavy (non-hydrogen) atoms. The Labute approximate surface area is 154 Å². The van der Waals surface area contributed by atoms with Crippen LogP contribution < -0.4 is 0 Å². The third-order valence-corrected chi connectivity index (χ3v) is 3.49. The zero-order valence-electron chi connectivity index (χ0n) is 13.4. The maximum absolute atomic E-state index is 12.8. The predicted molar refractivity (Wildman–Crippen MR) is 85.8 cm³/mol. The van der Waals surface area contributed by atoms with Gasteiger partial charge >= 0.3 is 12.1 Å². The van der Waals surface area contributed by atoms with E-state index in [1.807, 2.05) is 0 Å². The highest BCUT2D eigenvalue weighted by Crippen LogP contribution is 2.27. The minimum Gasteiger partial charge on any atom is -0.464 e. The highest BCUT2D eigenvalue weighted by Gasteiger charge is 2.37. The Morgan fingerprint density at radius 3 is 2.81 bits per heavy atom. The standard InChI is InChI=1S/C14H9ClF3N7O2/c1-27-12(26)10-7-8(21-25(10)11-9(15)3-2-5-19-11)4-6-24-13(14(16,17)18)20-22-23-24/h2-7H,1H3. The molecule has 0 saturated heterocycles. The van der Waals surface area contributed by atoms with Gasteiger partial charge in [-0.05, 0) is 34.7 Å². The van der Waals surface area contributed by atoms with Crippen molar-refractivity contribution in [2.75, 3.05) is 7.11 Å². The molecule has 3 aromatic heterocycles. The number of methoxy groups -OCH3 is 1. The quantitative estimate of drug-likeness (QED) is 0.620. The smallest absolute Gasteiger partial charge is 0.453 e. The van der Waals surface area contributed by atoms with Crippen LogP contribution >= 0.6 is 11.6 Å². The second-order valence-corrected chi connectivity index (χ2v) is 5.33. The van der Waals surface area contributed by atoms with Crippen LogP contribution in [-0.2, 0) is 10.9 Å². The van der Waals surface area contributed by atoms with Crippen molar-refractivity contribution < 1.29 is 22.7 Å². The van der Waals surface area contributed by atoms with E-state index in [0.717, 1.165) is 10.9 Å². The van der Waals surface area contributed by atoms with Gasteiger partial charge in [-0.2, -0.15) is 23.0 Å². The number of hydrogen-bond acceptors (Lipinski definition) is 7. The molecule has 0 amide bonds. The molecule has 0 atom stereocenters. The molecule has 0 saturated carbocycles. The molecule has 0 radical (unpaired) electrons. The second kappa shape index (κ2) is 7.15. The molecule has 140 valence electrons. The summed E-state index contributed by atoms with van der Waals surface area (Å²) in [6.07, 6.45) is -1.15. The summed E-state index contributed by atoms with van der Waals surface area (Å²) >= 11 is 6.07. The first kappa shape index (κ1) is 18.5. The molecule has 0 aromatic carbocycles. The van der Waals surface area contributed by atoms with Gasteiger partial charge < -0.3 is 4.74 Å². The molecule has 0 aliphatic heterocycles. The lowest BCUT2D eigenvalue weighted by Crippen LogP contribution is -2.12. The number of esters is 1. The lowest BCUT2D eigenvalue weighted by molar-refractivity contribution is -0.146. The van der Waals surface area contributed by atoms with Gasteiger partial charge in [0.1, 0.15) is 0 Å². The Bertz CT molecular complexity index is 1010. The van der Waals surface area contributed by atoms with Crippen LogP contribution in [0.3, 0.4) is 0 Å². The molecule has 0 bridgehead atoms. The molecule has 9 nitrogen and oxygen atoms in total. The monoisotopic (exact) mass is 399 g/mol. The van der Waals surface area contributed by atoms with Gasteiger partial charge in [0.05, 0.1) is 17.8 Å². The first-order valence-electron chi connectivity index (χ1n) is 7.14. The van der Waals surface area contributed by atoms with Crippen molar-refractivity contribution in [3.05, 3.63) is 46.6 Å². The number of ether oxygens (including phenoxy) is 1. The molecular formula is C14H9ClF3N7O2. The van der Waals surface area contributed by atoms with E-state index < -0.39 is 18.0 Å². The average molecular weight is 400 g/mol. The second-order valence-electron chi connectivity index (χ2n) is 4.93. The third-order valence-electron chi connectivity index (χ3n) is 3.20. The van der Waals surface area contributed by atoms with E-state index in [1.54, 1.807) is 12.1 Å². The van der Waals surface area contributed by atoms with E-state index in [1.165, 1.54) is 25.4 Å². The van der Waals surface area contributed by atoms with Crippen molar-refractivity contribution in [2.24, 2.45) is 0 Å². The molecule has 0 N–H and O–H groups in total. The van der Waals surface area contributed by atoms with Gasteiger partial charge in [0.2, 0.25) is 0 Å². The van der Waals surface area contributed by atoms with E-state index in [2.05, 4.69) is 30.3 Å². The molecular weight excluding hydrogens is 391 g/mol. The Morgan fingerprint density at radius 2 is 2.15 bits per heavy atom. The Balaban J connectivity index is 2.02. The number of nitrogens with zero attached hydrogens (tertiary/aromatic N) is 7. The van der Waals surface area contributed by atoms with Crippen LogP contribution in [0.5, 0.6) is 0 Å². The number of pyridine rings is 1. The number of tetrazole rings is 1. The summed E-state index contributed by atoms with van der Waals surface area (Å²) in [6, 6.07) is 4.42. The summed E-state index contributed by atoms with van der Waals surface area (Å²) in [5, 5.41) is 13.5. The summed E-state index contributed by atoms with van der Waals surface area (Å²) in [7, 11) is 1.17. The summed E-state index contributed by atoms with van der Waals surface area (Å²) in [4.78, 5) is 16.0. The van der Waals surface area contributed by atoms with Crippen molar-refractivity contribution in [1.29, 1.82) is 0 Å². The molecule has 0 fully saturated rings. The number of carbonyl (C=O) groups excluding carboxylic acids is 1. The number of carbonyl (C=O) groups is 1. The van der Waals surface area contributed by atoms with Gasteiger partial charge in [0.25, 0.3) is 5.82 Å². The fourth-order valence-electron chi connectivity index (χ4n) is 2.05. The molecule has 13 heteroatoms. The third kappa shape index (κ3) is 3.79. The fourth-order valence-corrected chi connectivity index (χ4v) is 2.25. The molecule has 3 rings (SSSR count). The summed E-state index contributed by atoms with van der Waals surface area (Å²) < 4.78 is 44.6. The van der Waals surface area contributed by atoms with Gasteiger partial charge in [-0.3, -0.25) is 0 Å². The minimum absolute atomic E-state index is 0.0227. The average Bonchev–Trinajstić information content (AvgIpc) is 3.26. The van der Waals surface area contributed by atoms with E-state index >= 15 is 0 Å². The molecule has 3 heterocycles. The first-order chi connectivity index (χ1) is 12.8. The minimum atomic E-state index is -4.73. The van der Waals surface area contributed by atoms with Crippen LogP contribution in [0.2, 0.25) is 5.02 Å². The number of alkyl halides is 3. The number of rotatable bonds is 4. The van der Waals surface area contributed by atoms with Gasteiger partial charge in [-0.1, -0.05) is 11.6 Å². The largest absolute Gasteiger partial charge is 0.464 e. The van der Waals surface area contributed by atoms with Gasteiger partial charge in [-0.15, -0.1) is 5.10 Å². The van der Waals surface area contributed by atoms with Crippen LogP contribution in [0.15, 0.2) is 24.4 Å². The number of aromatic nitrogens is 7.